The number of piperidine rings is 1. The number of aryl methyl sites for hydroxylation is 1. The van der Waals surface area contributed by atoms with Crippen LogP contribution in [0.25, 0.3) is 17.1 Å². The number of anilines is 6. The van der Waals surface area contributed by atoms with E-state index in [2.05, 4.69) is 67.5 Å². The van der Waals surface area contributed by atoms with Crippen LogP contribution in [0.15, 0.2) is 48.9 Å². The molecule has 52 heavy (non-hydrogen) atoms. The van der Waals surface area contributed by atoms with Crippen LogP contribution in [0.1, 0.15) is 43.7 Å². The Labute approximate surface area is 307 Å². The van der Waals surface area contributed by atoms with Crippen LogP contribution < -0.4 is 24.6 Å². The number of nitrogens with one attached hydrogen (secondary N) is 2. The molecule has 3 aliphatic rings. The molecule has 0 radical (unpaired) electrons. The summed E-state index contributed by atoms with van der Waals surface area (Å²) in [5, 5.41) is 6.86. The van der Waals surface area contributed by atoms with Gasteiger partial charge in [-0.05, 0) is 68.8 Å². The van der Waals surface area contributed by atoms with Crippen LogP contribution in [0.2, 0.25) is 0 Å². The first-order valence-corrected chi connectivity index (χ1v) is 20.1. The fourth-order valence-corrected chi connectivity index (χ4v) is 7.69. The van der Waals surface area contributed by atoms with Crippen LogP contribution in [0.4, 0.5) is 34.5 Å². The number of allylic oxidation sites excluding steroid dienone is 1. The van der Waals surface area contributed by atoms with E-state index in [-0.39, 0.29) is 0 Å². The second kappa shape index (κ2) is 15.2. The van der Waals surface area contributed by atoms with Crippen molar-refractivity contribution < 1.29 is 13.2 Å². The molecule has 0 amide bonds. The number of likely N-dealkylation sites (N-methyl/N-ethyl adjacent to an activating group) is 1. The van der Waals surface area contributed by atoms with Gasteiger partial charge in [0.25, 0.3) is 0 Å². The van der Waals surface area contributed by atoms with Crippen LogP contribution >= 0.6 is 0 Å². The maximum atomic E-state index is 12.8. The fourth-order valence-electron chi connectivity index (χ4n) is 7.17. The molecule has 4 heterocycles. The Hall–Kier alpha value is -4.53. The number of rotatable bonds is 12. The molecule has 0 atom stereocenters. The van der Waals surface area contributed by atoms with Crippen molar-refractivity contribution in [2.24, 2.45) is 5.92 Å². The predicted octanol–water partition coefficient (Wildman–Crippen LogP) is 5.51. The third-order valence-electron chi connectivity index (χ3n) is 10.6. The van der Waals surface area contributed by atoms with Crippen molar-refractivity contribution in [3.8, 4) is 5.75 Å². The predicted molar refractivity (Wildman–Crippen MR) is 210 cm³/mol. The standard InChI is InChI=1S/C38H50N10O3S/c1-6-27-23-32(34(51-4)24-33(27)48-17-13-29(14-18-48)47-21-19-45(2)20-22-47)43-38-41-25-28(10-9-26-7-8-26)37(44-38)42-31-12-11-30-35(40-16-15-39-30)36(31)46(3)52(5,49)50/h9-12,15-16,23-26,29H,6-8,13-14,17-22H2,1-5H3,(H2,41,42,43,44)/b10-9+. The van der Waals surface area contributed by atoms with E-state index in [1.807, 2.05) is 12.1 Å². The summed E-state index contributed by atoms with van der Waals surface area (Å²) in [6.45, 7) is 8.82. The number of hydrogen-bond donors (Lipinski definition) is 2. The zero-order chi connectivity index (χ0) is 36.4. The van der Waals surface area contributed by atoms with Crippen LogP contribution in [-0.4, -0.2) is 111 Å². The average Bonchev–Trinajstić information content (AvgIpc) is 3.99. The SMILES string of the molecule is CCc1cc(Nc2ncc(/C=C/C3CC3)c(Nc3ccc4nccnc4c3N(C)S(C)(=O)=O)n2)c(OC)cc1N1CCC(N2CCN(C)CC2)CC1. The topological polar surface area (TPSA) is 132 Å². The Balaban J connectivity index is 1.17. The summed E-state index contributed by atoms with van der Waals surface area (Å²) in [6.07, 6.45) is 15.8. The summed E-state index contributed by atoms with van der Waals surface area (Å²) < 4.78 is 32.8. The molecular formula is C38H50N10O3S. The van der Waals surface area contributed by atoms with Crippen molar-refractivity contribution in [1.82, 2.24) is 29.7 Å². The highest BCUT2D eigenvalue weighted by Crippen LogP contribution is 2.39. The van der Waals surface area contributed by atoms with Gasteiger partial charge in [-0.1, -0.05) is 19.1 Å². The third kappa shape index (κ3) is 7.93. The molecule has 1 saturated carbocycles. The Morgan fingerprint density at radius 3 is 2.40 bits per heavy atom. The number of ether oxygens (including phenoxy) is 1. The number of methoxy groups -OCH3 is 1. The maximum absolute atomic E-state index is 12.8. The molecular weight excluding hydrogens is 677 g/mol. The van der Waals surface area contributed by atoms with Crippen molar-refractivity contribution in [2.75, 3.05) is 86.6 Å². The molecule has 1 aliphatic carbocycles. The fraction of sp³-hybridized carbons (Fsp3) is 0.474. The highest BCUT2D eigenvalue weighted by Gasteiger charge is 2.28. The lowest BCUT2D eigenvalue weighted by molar-refractivity contribution is 0.0982. The van der Waals surface area contributed by atoms with Crippen LogP contribution in [0, 0.1) is 5.92 Å². The number of hydrogen-bond acceptors (Lipinski definition) is 12. The first-order valence-electron chi connectivity index (χ1n) is 18.3. The smallest absolute Gasteiger partial charge is 0.232 e. The number of sulfonamides is 1. The van der Waals surface area contributed by atoms with Gasteiger partial charge in [0.1, 0.15) is 22.8 Å². The molecule has 2 aliphatic heterocycles. The monoisotopic (exact) mass is 726 g/mol. The lowest BCUT2D eigenvalue weighted by atomic mass is 9.99. The lowest BCUT2D eigenvalue weighted by Gasteiger charge is -2.43. The molecule has 276 valence electrons. The van der Waals surface area contributed by atoms with E-state index >= 15 is 0 Å². The molecule has 14 heteroatoms. The summed E-state index contributed by atoms with van der Waals surface area (Å²) >= 11 is 0. The van der Waals surface area contributed by atoms with Gasteiger partial charge in [0.2, 0.25) is 16.0 Å². The van der Waals surface area contributed by atoms with Gasteiger partial charge < -0.3 is 25.2 Å². The molecule has 2 aromatic heterocycles. The van der Waals surface area contributed by atoms with Gasteiger partial charge in [-0.2, -0.15) is 4.98 Å². The first-order chi connectivity index (χ1) is 25.1. The summed E-state index contributed by atoms with van der Waals surface area (Å²) in [6, 6.07) is 8.57. The molecule has 2 aromatic carbocycles. The van der Waals surface area contributed by atoms with Crippen LogP contribution in [0.5, 0.6) is 5.75 Å². The maximum Gasteiger partial charge on any atom is 0.232 e. The van der Waals surface area contributed by atoms with E-state index < -0.39 is 10.0 Å². The molecule has 2 N–H and O–H groups in total. The van der Waals surface area contributed by atoms with Crippen molar-refractivity contribution in [2.45, 2.75) is 45.1 Å². The van der Waals surface area contributed by atoms with Gasteiger partial charge >= 0.3 is 0 Å². The third-order valence-corrected chi connectivity index (χ3v) is 11.7. The molecule has 3 fully saturated rings. The zero-order valence-electron chi connectivity index (χ0n) is 30.8. The molecule has 2 saturated heterocycles. The van der Waals surface area contributed by atoms with Crippen LogP contribution in [-0.2, 0) is 16.4 Å². The van der Waals surface area contributed by atoms with Gasteiger partial charge in [0.05, 0.1) is 30.3 Å². The largest absolute Gasteiger partial charge is 0.494 e. The lowest BCUT2D eigenvalue weighted by Crippen LogP contribution is -2.52. The van der Waals surface area contributed by atoms with Crippen molar-refractivity contribution in [3.63, 3.8) is 0 Å². The van der Waals surface area contributed by atoms with Gasteiger partial charge in [-0.15, -0.1) is 0 Å². The second-order valence-corrected chi connectivity index (χ2v) is 16.2. The molecule has 0 unspecified atom stereocenters. The summed E-state index contributed by atoms with van der Waals surface area (Å²) in [5.74, 6) is 2.16. The Bertz CT molecular complexity index is 2040. The molecule has 4 aromatic rings. The molecule has 7 rings (SSSR count). The minimum absolute atomic E-state index is 0.380. The summed E-state index contributed by atoms with van der Waals surface area (Å²) in [7, 11) is 1.79. The second-order valence-electron chi connectivity index (χ2n) is 14.2. The van der Waals surface area contributed by atoms with E-state index in [4.69, 9.17) is 14.7 Å². The minimum atomic E-state index is -3.63. The van der Waals surface area contributed by atoms with Crippen molar-refractivity contribution >= 4 is 61.6 Å². The molecule has 0 bridgehead atoms. The van der Waals surface area contributed by atoms with Gasteiger partial charge in [-0.25, -0.2) is 13.4 Å². The van der Waals surface area contributed by atoms with Crippen molar-refractivity contribution in [1.29, 1.82) is 0 Å². The van der Waals surface area contributed by atoms with Gasteiger partial charge in [0, 0.05) is 88.3 Å². The van der Waals surface area contributed by atoms with E-state index in [1.54, 1.807) is 31.8 Å². The minimum Gasteiger partial charge on any atom is -0.494 e. The average molecular weight is 727 g/mol. The number of benzene rings is 2. The Morgan fingerprint density at radius 2 is 1.71 bits per heavy atom. The van der Waals surface area contributed by atoms with E-state index in [0.29, 0.717) is 46.1 Å². The number of fused-ring (bicyclic) bond motifs is 1. The van der Waals surface area contributed by atoms with Gasteiger partial charge in [0.15, 0.2) is 0 Å². The molecule has 13 nitrogen and oxygen atoms in total. The highest BCUT2D eigenvalue weighted by atomic mass is 32.2. The normalized spacial score (nSPS) is 17.9. The quantitative estimate of drug-likeness (QED) is 0.191. The van der Waals surface area contributed by atoms with Crippen LogP contribution in [0.3, 0.4) is 0 Å². The van der Waals surface area contributed by atoms with E-state index in [0.717, 1.165) is 88.4 Å². The highest BCUT2D eigenvalue weighted by molar-refractivity contribution is 7.92. The molecule has 0 spiro atoms. The number of piperazine rings is 1. The zero-order valence-corrected chi connectivity index (χ0v) is 31.7. The number of aromatic nitrogens is 4. The Morgan fingerprint density at radius 1 is 0.962 bits per heavy atom. The summed E-state index contributed by atoms with van der Waals surface area (Å²) in [5.41, 5.74) is 5.96. The van der Waals surface area contributed by atoms with Gasteiger partial charge in [-0.3, -0.25) is 19.2 Å². The van der Waals surface area contributed by atoms with E-state index in [1.165, 1.54) is 28.9 Å². The Kier molecular flexibility index (Phi) is 10.5. The van der Waals surface area contributed by atoms with Crippen molar-refractivity contribution in [3.05, 3.63) is 60.1 Å². The van der Waals surface area contributed by atoms with E-state index in [9.17, 15) is 8.42 Å². The number of nitrogens with zero attached hydrogens (tertiary/aromatic N) is 8. The summed E-state index contributed by atoms with van der Waals surface area (Å²) in [4.78, 5) is 26.2. The first kappa shape index (κ1) is 35.9.